The zero-order valence-corrected chi connectivity index (χ0v) is 18.9. The number of carbonyl (C=O) groups excluding carboxylic acids is 1. The minimum atomic E-state index is -3.15. The number of para-hydroxylation sites is 1. The summed E-state index contributed by atoms with van der Waals surface area (Å²) in [6, 6.07) is 9.36. The third-order valence-electron chi connectivity index (χ3n) is 6.08. The van der Waals surface area contributed by atoms with E-state index >= 15 is 0 Å². The van der Waals surface area contributed by atoms with Crippen LogP contribution in [0.3, 0.4) is 0 Å². The lowest BCUT2D eigenvalue weighted by Crippen LogP contribution is -2.36. The van der Waals surface area contributed by atoms with Crippen molar-refractivity contribution in [2.24, 2.45) is 0 Å². The number of methoxy groups -OCH3 is 2. The number of nitrogens with one attached hydrogen (secondary N) is 1. The van der Waals surface area contributed by atoms with Crippen LogP contribution in [0.4, 0.5) is 4.39 Å². The molecule has 1 amide bonds. The number of sulfone groups is 1. The summed E-state index contributed by atoms with van der Waals surface area (Å²) in [6.07, 6.45) is 0.754. The fraction of sp³-hybridized carbons (Fsp3) is 0.304. The van der Waals surface area contributed by atoms with Gasteiger partial charge >= 0.3 is 0 Å². The van der Waals surface area contributed by atoms with Crippen LogP contribution in [0.15, 0.2) is 36.4 Å². The van der Waals surface area contributed by atoms with Crippen molar-refractivity contribution in [3.05, 3.63) is 59.0 Å². The number of hydrogen-bond acceptors (Lipinski definition) is 6. The molecule has 8 nitrogen and oxygen atoms in total. The molecule has 1 N–H and O–H groups in total. The molecule has 33 heavy (non-hydrogen) atoms. The van der Waals surface area contributed by atoms with E-state index in [1.54, 1.807) is 31.4 Å². The van der Waals surface area contributed by atoms with Crippen molar-refractivity contribution in [3.8, 4) is 28.4 Å². The van der Waals surface area contributed by atoms with E-state index in [0.29, 0.717) is 35.6 Å². The van der Waals surface area contributed by atoms with Crippen molar-refractivity contribution < 1.29 is 27.1 Å². The molecule has 0 spiro atoms. The number of benzene rings is 2. The third-order valence-corrected chi connectivity index (χ3v) is 7.85. The van der Waals surface area contributed by atoms with E-state index in [1.807, 2.05) is 6.07 Å². The molecule has 0 bridgehead atoms. The lowest BCUT2D eigenvalue weighted by molar-refractivity contribution is 0.0935. The average molecular weight is 472 g/mol. The van der Waals surface area contributed by atoms with Gasteiger partial charge in [0, 0.05) is 23.6 Å². The van der Waals surface area contributed by atoms with E-state index in [9.17, 15) is 17.6 Å². The van der Waals surface area contributed by atoms with Crippen LogP contribution in [0, 0.1) is 5.82 Å². The van der Waals surface area contributed by atoms with Gasteiger partial charge in [0.05, 0.1) is 31.4 Å². The van der Waals surface area contributed by atoms with E-state index in [4.69, 9.17) is 9.47 Å². The van der Waals surface area contributed by atoms with Crippen LogP contribution in [0.1, 0.15) is 28.0 Å². The van der Waals surface area contributed by atoms with Crippen molar-refractivity contribution in [2.45, 2.75) is 18.9 Å². The SMILES string of the molecule is COc1cc2c(cc1OC)-c1c(c(C(=O)N[C@H]3CCS(=O)(=O)C3)nn1-c1ccccc1F)C2. The molecule has 0 unspecified atom stereocenters. The Morgan fingerprint density at radius 2 is 1.91 bits per heavy atom. The van der Waals surface area contributed by atoms with Crippen LogP contribution in [0.5, 0.6) is 11.5 Å². The monoisotopic (exact) mass is 471 g/mol. The lowest BCUT2D eigenvalue weighted by atomic mass is 10.1. The first-order valence-electron chi connectivity index (χ1n) is 10.4. The maximum Gasteiger partial charge on any atom is 0.272 e. The third kappa shape index (κ3) is 3.64. The summed E-state index contributed by atoms with van der Waals surface area (Å²) in [5.41, 5.74) is 3.25. The zero-order valence-electron chi connectivity index (χ0n) is 18.1. The number of fused-ring (bicyclic) bond motifs is 3. The van der Waals surface area contributed by atoms with Gasteiger partial charge in [-0.2, -0.15) is 5.10 Å². The number of nitrogens with zero attached hydrogens (tertiary/aromatic N) is 2. The van der Waals surface area contributed by atoms with E-state index in [-0.39, 0.29) is 22.9 Å². The largest absolute Gasteiger partial charge is 0.493 e. The summed E-state index contributed by atoms with van der Waals surface area (Å²) < 4.78 is 50.6. The van der Waals surface area contributed by atoms with Crippen LogP contribution in [0.25, 0.3) is 16.9 Å². The maximum atomic E-state index is 14.7. The predicted molar refractivity (Wildman–Crippen MR) is 119 cm³/mol. The number of rotatable bonds is 5. The smallest absolute Gasteiger partial charge is 0.272 e. The van der Waals surface area contributed by atoms with E-state index in [1.165, 1.54) is 17.9 Å². The van der Waals surface area contributed by atoms with Crippen molar-refractivity contribution in [2.75, 3.05) is 25.7 Å². The van der Waals surface area contributed by atoms with E-state index < -0.39 is 27.6 Å². The van der Waals surface area contributed by atoms with E-state index in [0.717, 1.165) is 11.1 Å². The summed E-state index contributed by atoms with van der Waals surface area (Å²) in [5, 5.41) is 7.28. The Balaban J connectivity index is 1.63. The van der Waals surface area contributed by atoms with Gasteiger partial charge < -0.3 is 14.8 Å². The van der Waals surface area contributed by atoms with Gasteiger partial charge in [0.15, 0.2) is 27.0 Å². The van der Waals surface area contributed by atoms with Crippen LogP contribution in [-0.2, 0) is 16.3 Å². The molecule has 1 saturated heterocycles. The van der Waals surface area contributed by atoms with Crippen molar-refractivity contribution in [1.29, 1.82) is 0 Å². The Kier molecular flexibility index (Phi) is 5.12. The Labute approximate surface area is 190 Å². The molecule has 0 radical (unpaired) electrons. The molecule has 2 aromatic carbocycles. The fourth-order valence-corrected chi connectivity index (χ4v) is 6.19. The van der Waals surface area contributed by atoms with Crippen molar-refractivity contribution >= 4 is 15.7 Å². The van der Waals surface area contributed by atoms with Crippen molar-refractivity contribution in [1.82, 2.24) is 15.1 Å². The quantitative estimate of drug-likeness (QED) is 0.480. The molecule has 1 aliphatic carbocycles. The predicted octanol–water partition coefficient (Wildman–Crippen LogP) is 2.52. The number of halogens is 1. The van der Waals surface area contributed by atoms with Crippen molar-refractivity contribution in [3.63, 3.8) is 0 Å². The lowest BCUT2D eigenvalue weighted by Gasteiger charge is -2.13. The molecular weight excluding hydrogens is 449 g/mol. The molecule has 1 aliphatic heterocycles. The number of aromatic nitrogens is 2. The Hall–Kier alpha value is -3.40. The number of ether oxygens (including phenoxy) is 2. The van der Waals surface area contributed by atoms with Gasteiger partial charge in [-0.1, -0.05) is 12.1 Å². The minimum absolute atomic E-state index is 0.0464. The first kappa shape index (κ1) is 21.4. The standard InChI is InChI=1S/C23H22FN3O5S/c1-31-19-10-13-9-16-21(23(28)25-14-7-8-33(29,30)12-14)26-27(18-6-4-3-5-17(18)24)22(16)15(13)11-20(19)32-2/h3-6,10-11,14H,7-9,12H2,1-2H3,(H,25,28)/t14-/m0/s1. The highest BCUT2D eigenvalue weighted by atomic mass is 32.2. The molecule has 172 valence electrons. The molecule has 10 heteroatoms. The van der Waals surface area contributed by atoms with Crippen LogP contribution >= 0.6 is 0 Å². The molecule has 1 aromatic heterocycles. The van der Waals surface area contributed by atoms with E-state index in [2.05, 4.69) is 10.4 Å². The zero-order chi connectivity index (χ0) is 23.3. The Morgan fingerprint density at radius 3 is 2.58 bits per heavy atom. The highest BCUT2D eigenvalue weighted by molar-refractivity contribution is 7.91. The Morgan fingerprint density at radius 1 is 1.18 bits per heavy atom. The van der Waals surface area contributed by atoms with Crippen LogP contribution in [0.2, 0.25) is 0 Å². The highest BCUT2D eigenvalue weighted by Crippen LogP contribution is 2.45. The Bertz CT molecular complexity index is 1380. The summed E-state index contributed by atoms with van der Waals surface area (Å²) in [5.74, 6) is 0.0520. The molecule has 2 heterocycles. The van der Waals surface area contributed by atoms with Gasteiger partial charge in [0.2, 0.25) is 0 Å². The molecule has 3 aromatic rings. The minimum Gasteiger partial charge on any atom is -0.493 e. The molecule has 0 saturated carbocycles. The summed E-state index contributed by atoms with van der Waals surface area (Å²) in [4.78, 5) is 13.2. The molecule has 1 atom stereocenters. The van der Waals surface area contributed by atoms with Gasteiger partial charge in [-0.25, -0.2) is 17.5 Å². The number of amides is 1. The van der Waals surface area contributed by atoms with Gasteiger partial charge in [0.25, 0.3) is 5.91 Å². The topological polar surface area (TPSA) is 99.5 Å². The maximum absolute atomic E-state index is 14.7. The highest BCUT2D eigenvalue weighted by Gasteiger charge is 2.35. The van der Waals surface area contributed by atoms with Gasteiger partial charge in [0.1, 0.15) is 11.5 Å². The number of hydrogen-bond donors (Lipinski definition) is 1. The summed E-state index contributed by atoms with van der Waals surface area (Å²) in [6.45, 7) is 0. The molecule has 5 rings (SSSR count). The second-order valence-electron chi connectivity index (χ2n) is 8.15. The van der Waals surface area contributed by atoms with Gasteiger partial charge in [-0.3, -0.25) is 4.79 Å². The molecule has 2 aliphatic rings. The average Bonchev–Trinajstić information content (AvgIpc) is 3.44. The molecule has 1 fully saturated rings. The molecular formula is C23H22FN3O5S. The van der Waals surface area contributed by atoms with Gasteiger partial charge in [-0.15, -0.1) is 0 Å². The van der Waals surface area contributed by atoms with Crippen LogP contribution < -0.4 is 14.8 Å². The summed E-state index contributed by atoms with van der Waals surface area (Å²) in [7, 11) is -0.0808. The summed E-state index contributed by atoms with van der Waals surface area (Å²) >= 11 is 0. The van der Waals surface area contributed by atoms with Crippen LogP contribution in [-0.4, -0.2) is 55.9 Å². The second kappa shape index (κ2) is 7.87. The first-order valence-corrected chi connectivity index (χ1v) is 12.3. The number of carbonyl (C=O) groups is 1. The normalized spacial score (nSPS) is 18.0. The second-order valence-corrected chi connectivity index (χ2v) is 10.4. The fourth-order valence-electron chi connectivity index (χ4n) is 4.52. The first-order chi connectivity index (χ1) is 15.8. The van der Waals surface area contributed by atoms with Gasteiger partial charge in [-0.05, 0) is 36.2 Å².